The molecule has 0 aliphatic heterocycles. The maximum atomic E-state index is 14.5. The minimum absolute atomic E-state index is 0.354. The first kappa shape index (κ1) is 22.8. The molecule has 2 aromatic carbocycles. The molecule has 6 aromatic rings. The fourth-order valence-corrected chi connectivity index (χ4v) is 4.38. The molecule has 0 fully saturated rings. The van der Waals surface area contributed by atoms with Gasteiger partial charge in [-0.05, 0) is 61.6 Å². The molecule has 37 heavy (non-hydrogen) atoms. The zero-order valence-corrected chi connectivity index (χ0v) is 20.4. The van der Waals surface area contributed by atoms with E-state index in [0.29, 0.717) is 18.0 Å². The fourth-order valence-electron chi connectivity index (χ4n) is 4.38. The predicted octanol–water partition coefficient (Wildman–Crippen LogP) is 5.31. The summed E-state index contributed by atoms with van der Waals surface area (Å²) in [4.78, 5) is 18.5. The zero-order valence-electron chi connectivity index (χ0n) is 20.4. The van der Waals surface area contributed by atoms with E-state index in [-0.39, 0.29) is 5.82 Å². The van der Waals surface area contributed by atoms with Gasteiger partial charge in [-0.3, -0.25) is 15.1 Å². The molecular weight excluding hydrogens is 469 g/mol. The number of halogens is 1. The highest BCUT2D eigenvalue weighted by molar-refractivity contribution is 6.00. The second kappa shape index (κ2) is 9.44. The molecule has 0 saturated heterocycles. The van der Waals surface area contributed by atoms with Gasteiger partial charge in [0.05, 0.1) is 23.1 Å². The Morgan fingerprint density at radius 1 is 0.919 bits per heavy atom. The Bertz CT molecular complexity index is 1710. The van der Waals surface area contributed by atoms with E-state index in [1.165, 1.54) is 12.1 Å². The first-order chi connectivity index (χ1) is 18.0. The lowest BCUT2D eigenvalue weighted by Crippen LogP contribution is -2.19. The molecule has 4 aromatic heterocycles. The van der Waals surface area contributed by atoms with Gasteiger partial charge in [-0.15, -0.1) is 0 Å². The molecule has 4 heterocycles. The molecule has 0 spiro atoms. The summed E-state index contributed by atoms with van der Waals surface area (Å²) in [6, 6.07) is 14.7. The molecular formula is C28H24FN7O. The summed E-state index contributed by atoms with van der Waals surface area (Å²) in [5.74, 6) is 0.139. The highest BCUT2D eigenvalue weighted by Crippen LogP contribution is 2.35. The summed E-state index contributed by atoms with van der Waals surface area (Å²) in [7, 11) is 3.94. The van der Waals surface area contributed by atoms with Crippen molar-refractivity contribution in [3.63, 3.8) is 0 Å². The molecule has 2 N–H and O–H groups in total. The van der Waals surface area contributed by atoms with Gasteiger partial charge >= 0.3 is 0 Å². The Hall–Kier alpha value is -4.63. The van der Waals surface area contributed by atoms with Gasteiger partial charge in [0.25, 0.3) is 0 Å². The summed E-state index contributed by atoms with van der Waals surface area (Å²) >= 11 is 0. The first-order valence-electron chi connectivity index (χ1n) is 11.9. The largest absolute Gasteiger partial charge is 0.492 e. The lowest BCUT2D eigenvalue weighted by Gasteiger charge is -2.12. The SMILES string of the molecule is CN(C)CCOc1cc(F)cc(-c2ccnc3[nH]c(-c4n[nH]c5ccc(-c6cnccn6)cc45)cc23)c1. The average molecular weight is 494 g/mol. The van der Waals surface area contributed by atoms with Gasteiger partial charge in [0.1, 0.15) is 29.5 Å². The minimum atomic E-state index is -0.354. The van der Waals surface area contributed by atoms with E-state index in [1.54, 1.807) is 24.8 Å². The number of aromatic amines is 2. The van der Waals surface area contributed by atoms with Crippen molar-refractivity contribution < 1.29 is 9.13 Å². The third kappa shape index (κ3) is 4.52. The van der Waals surface area contributed by atoms with Crippen LogP contribution in [0.25, 0.3) is 55.7 Å². The number of hydrogen-bond donors (Lipinski definition) is 2. The number of nitrogens with one attached hydrogen (secondary N) is 2. The topological polar surface area (TPSA) is 95.6 Å². The summed E-state index contributed by atoms with van der Waals surface area (Å²) in [6.07, 6.45) is 6.77. The molecule has 0 radical (unpaired) electrons. The standard InChI is InChI=1S/C28H24FN7O/c1-36(2)9-10-37-20-12-18(11-19(29)14-20)21-5-6-32-28-22(21)15-25(33-28)27-23-13-17(3-4-24(23)34-35-27)26-16-30-7-8-31-26/h3-8,11-16H,9-10H2,1-2H3,(H,32,33)(H,34,35). The Balaban J connectivity index is 1.41. The molecule has 0 amide bonds. The van der Waals surface area contributed by atoms with Gasteiger partial charge in [0.15, 0.2) is 0 Å². The third-order valence-electron chi connectivity index (χ3n) is 6.20. The van der Waals surface area contributed by atoms with Crippen LogP contribution in [0.1, 0.15) is 0 Å². The van der Waals surface area contributed by atoms with Crippen molar-refractivity contribution in [3.05, 3.63) is 79.1 Å². The number of pyridine rings is 1. The van der Waals surface area contributed by atoms with Crippen molar-refractivity contribution >= 4 is 21.9 Å². The van der Waals surface area contributed by atoms with E-state index >= 15 is 0 Å². The lowest BCUT2D eigenvalue weighted by atomic mass is 10.0. The van der Waals surface area contributed by atoms with Crippen LogP contribution in [-0.4, -0.2) is 62.3 Å². The van der Waals surface area contributed by atoms with Crippen molar-refractivity contribution in [2.24, 2.45) is 0 Å². The number of rotatable bonds is 7. The van der Waals surface area contributed by atoms with Crippen LogP contribution in [0.5, 0.6) is 5.75 Å². The van der Waals surface area contributed by atoms with E-state index in [4.69, 9.17) is 4.74 Å². The Kier molecular flexibility index (Phi) is 5.82. The second-order valence-corrected chi connectivity index (χ2v) is 9.05. The van der Waals surface area contributed by atoms with Gasteiger partial charge < -0.3 is 14.6 Å². The van der Waals surface area contributed by atoms with Crippen molar-refractivity contribution in [2.45, 2.75) is 0 Å². The molecule has 8 nitrogen and oxygen atoms in total. The molecule has 0 aliphatic carbocycles. The minimum Gasteiger partial charge on any atom is -0.492 e. The van der Waals surface area contributed by atoms with Crippen molar-refractivity contribution in [3.8, 4) is 39.5 Å². The normalized spacial score (nSPS) is 11.6. The molecule has 0 aliphatic rings. The van der Waals surface area contributed by atoms with Crippen LogP contribution < -0.4 is 4.74 Å². The van der Waals surface area contributed by atoms with Crippen LogP contribution in [-0.2, 0) is 0 Å². The number of benzene rings is 2. The van der Waals surface area contributed by atoms with Crippen molar-refractivity contribution in [1.82, 2.24) is 35.0 Å². The predicted molar refractivity (Wildman–Crippen MR) is 142 cm³/mol. The van der Waals surface area contributed by atoms with Crippen molar-refractivity contribution in [1.29, 1.82) is 0 Å². The number of aromatic nitrogens is 6. The zero-order chi connectivity index (χ0) is 25.4. The fraction of sp³-hybridized carbons (Fsp3) is 0.143. The molecule has 0 saturated carbocycles. The molecule has 6 rings (SSSR count). The Morgan fingerprint density at radius 2 is 1.84 bits per heavy atom. The average Bonchev–Trinajstić information content (AvgIpc) is 3.52. The van der Waals surface area contributed by atoms with Gasteiger partial charge in [-0.1, -0.05) is 6.07 Å². The van der Waals surface area contributed by atoms with Crippen LogP contribution in [0.3, 0.4) is 0 Å². The number of likely N-dealkylation sites (N-methyl/N-ethyl adjacent to an activating group) is 1. The highest BCUT2D eigenvalue weighted by atomic mass is 19.1. The smallest absolute Gasteiger partial charge is 0.138 e. The van der Waals surface area contributed by atoms with E-state index in [2.05, 4.69) is 30.1 Å². The summed E-state index contributed by atoms with van der Waals surface area (Å²) in [6.45, 7) is 1.21. The summed E-state index contributed by atoms with van der Waals surface area (Å²) < 4.78 is 20.3. The number of hydrogen-bond acceptors (Lipinski definition) is 6. The molecule has 0 atom stereocenters. The van der Waals surface area contributed by atoms with E-state index in [0.717, 1.165) is 56.6 Å². The van der Waals surface area contributed by atoms with E-state index in [1.807, 2.05) is 55.4 Å². The number of ether oxygens (including phenoxy) is 1. The number of fused-ring (bicyclic) bond motifs is 2. The first-order valence-corrected chi connectivity index (χ1v) is 11.9. The molecule has 9 heteroatoms. The summed E-state index contributed by atoms with van der Waals surface area (Å²) in [5, 5.41) is 9.48. The lowest BCUT2D eigenvalue weighted by molar-refractivity contribution is 0.260. The Morgan fingerprint density at radius 3 is 2.68 bits per heavy atom. The van der Waals surface area contributed by atoms with Crippen LogP contribution >= 0.6 is 0 Å². The maximum absolute atomic E-state index is 14.5. The summed E-state index contributed by atoms with van der Waals surface area (Å²) in [5.41, 5.74) is 6.45. The van der Waals surface area contributed by atoms with Gasteiger partial charge in [0, 0.05) is 47.5 Å². The maximum Gasteiger partial charge on any atom is 0.138 e. The van der Waals surface area contributed by atoms with Crippen LogP contribution in [0, 0.1) is 5.82 Å². The number of H-pyrrole nitrogens is 2. The molecule has 184 valence electrons. The third-order valence-corrected chi connectivity index (χ3v) is 6.20. The van der Waals surface area contributed by atoms with Crippen LogP contribution in [0.2, 0.25) is 0 Å². The monoisotopic (exact) mass is 493 g/mol. The van der Waals surface area contributed by atoms with Gasteiger partial charge in [0.2, 0.25) is 0 Å². The second-order valence-electron chi connectivity index (χ2n) is 9.05. The quantitative estimate of drug-likeness (QED) is 0.313. The van der Waals surface area contributed by atoms with Crippen LogP contribution in [0.15, 0.2) is 73.3 Å². The van der Waals surface area contributed by atoms with Gasteiger partial charge in [-0.2, -0.15) is 5.10 Å². The molecule has 0 unspecified atom stereocenters. The van der Waals surface area contributed by atoms with E-state index < -0.39 is 0 Å². The van der Waals surface area contributed by atoms with Crippen molar-refractivity contribution in [2.75, 3.05) is 27.2 Å². The van der Waals surface area contributed by atoms with Gasteiger partial charge in [-0.25, -0.2) is 9.37 Å². The molecule has 0 bridgehead atoms. The van der Waals surface area contributed by atoms with E-state index in [9.17, 15) is 4.39 Å². The number of nitrogens with zero attached hydrogens (tertiary/aromatic N) is 5. The van der Waals surface area contributed by atoms with Crippen LogP contribution in [0.4, 0.5) is 4.39 Å². The highest BCUT2D eigenvalue weighted by Gasteiger charge is 2.16. The Labute approximate surface area is 212 Å².